The van der Waals surface area contributed by atoms with Crippen molar-refractivity contribution in [2.75, 3.05) is 10.7 Å². The van der Waals surface area contributed by atoms with Gasteiger partial charge in [0.25, 0.3) is 0 Å². The first kappa shape index (κ1) is 11.1. The number of nitrogens with one attached hydrogen (secondary N) is 2. The summed E-state index contributed by atoms with van der Waals surface area (Å²) in [6.45, 7) is 0. The maximum atomic E-state index is 9.40. The molecule has 0 spiro atoms. The van der Waals surface area contributed by atoms with Crippen molar-refractivity contribution in [3.63, 3.8) is 0 Å². The van der Waals surface area contributed by atoms with E-state index in [1.807, 2.05) is 0 Å². The average Bonchev–Trinajstić information content (AvgIpc) is 2.32. The highest BCUT2D eigenvalue weighted by atomic mass is 16.3. The molecule has 0 bridgehead atoms. The minimum atomic E-state index is -0.135. The van der Waals surface area contributed by atoms with Crippen molar-refractivity contribution >= 4 is 11.6 Å². The number of nitrogen functional groups attached to an aromatic ring is 1. The normalized spacial score (nSPS) is 25.1. The smallest absolute Gasteiger partial charge is 0.145 e. The van der Waals surface area contributed by atoms with Gasteiger partial charge in [0.2, 0.25) is 0 Å². The molecule has 0 aliphatic heterocycles. The molecule has 6 nitrogen and oxygen atoms in total. The molecular weight excluding hydrogens is 206 g/mol. The molecule has 1 heterocycles. The van der Waals surface area contributed by atoms with Gasteiger partial charge in [-0.05, 0) is 25.7 Å². The molecule has 0 saturated heterocycles. The first-order valence-electron chi connectivity index (χ1n) is 5.51. The molecule has 0 unspecified atom stereocenters. The van der Waals surface area contributed by atoms with Crippen molar-refractivity contribution < 1.29 is 5.11 Å². The van der Waals surface area contributed by atoms with Gasteiger partial charge in [0, 0.05) is 12.1 Å². The maximum absolute atomic E-state index is 9.40. The van der Waals surface area contributed by atoms with Gasteiger partial charge in [-0.25, -0.2) is 15.8 Å². The van der Waals surface area contributed by atoms with Gasteiger partial charge in [-0.1, -0.05) is 0 Å². The molecule has 2 rings (SSSR count). The standard InChI is InChI=1S/C10H17N5O/c11-15-10-5-9(12-6-13-10)14-7-1-3-8(16)4-2-7/h5-8,16H,1-4,11H2,(H2,12,13,14,15). The van der Waals surface area contributed by atoms with Crippen molar-refractivity contribution in [3.8, 4) is 0 Å². The Kier molecular flexibility index (Phi) is 3.53. The minimum absolute atomic E-state index is 0.135. The van der Waals surface area contributed by atoms with E-state index in [0.717, 1.165) is 31.5 Å². The fraction of sp³-hybridized carbons (Fsp3) is 0.600. The number of anilines is 2. The maximum Gasteiger partial charge on any atom is 0.145 e. The van der Waals surface area contributed by atoms with Crippen molar-refractivity contribution in [2.24, 2.45) is 5.84 Å². The van der Waals surface area contributed by atoms with Gasteiger partial charge in [-0.3, -0.25) is 0 Å². The third kappa shape index (κ3) is 2.80. The van der Waals surface area contributed by atoms with E-state index < -0.39 is 0 Å². The van der Waals surface area contributed by atoms with Crippen molar-refractivity contribution in [3.05, 3.63) is 12.4 Å². The lowest BCUT2D eigenvalue weighted by atomic mass is 9.93. The molecule has 1 aromatic heterocycles. The molecule has 0 amide bonds. The summed E-state index contributed by atoms with van der Waals surface area (Å²) in [6, 6.07) is 2.15. The highest BCUT2D eigenvalue weighted by molar-refractivity contribution is 5.46. The molecule has 88 valence electrons. The zero-order chi connectivity index (χ0) is 11.4. The molecule has 1 aromatic rings. The number of aromatic nitrogens is 2. The molecule has 1 aliphatic rings. The summed E-state index contributed by atoms with van der Waals surface area (Å²) in [7, 11) is 0. The molecule has 1 aliphatic carbocycles. The monoisotopic (exact) mass is 223 g/mol. The van der Waals surface area contributed by atoms with Gasteiger partial charge in [0.1, 0.15) is 18.0 Å². The Hall–Kier alpha value is -1.40. The Morgan fingerprint density at radius 1 is 1.19 bits per heavy atom. The van der Waals surface area contributed by atoms with Gasteiger partial charge < -0.3 is 15.8 Å². The number of nitrogens with zero attached hydrogens (tertiary/aromatic N) is 2. The first-order chi connectivity index (χ1) is 7.78. The van der Waals surface area contributed by atoms with Crippen LogP contribution in [0.15, 0.2) is 12.4 Å². The number of rotatable bonds is 3. The van der Waals surface area contributed by atoms with Crippen LogP contribution in [0.3, 0.4) is 0 Å². The van der Waals surface area contributed by atoms with Crippen molar-refractivity contribution in [1.29, 1.82) is 0 Å². The van der Waals surface area contributed by atoms with Crippen LogP contribution in [-0.4, -0.2) is 27.2 Å². The lowest BCUT2D eigenvalue weighted by molar-refractivity contribution is 0.126. The van der Waals surface area contributed by atoms with Crippen LogP contribution >= 0.6 is 0 Å². The average molecular weight is 223 g/mol. The molecule has 0 atom stereocenters. The van der Waals surface area contributed by atoms with Crippen LogP contribution in [0.1, 0.15) is 25.7 Å². The molecule has 0 radical (unpaired) electrons. The van der Waals surface area contributed by atoms with Crippen LogP contribution in [0.25, 0.3) is 0 Å². The van der Waals surface area contributed by atoms with Crippen LogP contribution in [0.2, 0.25) is 0 Å². The SMILES string of the molecule is NNc1cc(NC2CCC(O)CC2)ncn1. The minimum Gasteiger partial charge on any atom is -0.393 e. The molecule has 1 fully saturated rings. The van der Waals surface area contributed by atoms with Crippen LogP contribution in [0, 0.1) is 0 Å². The third-order valence-corrected chi connectivity index (χ3v) is 2.86. The van der Waals surface area contributed by atoms with Crippen LogP contribution in [0.4, 0.5) is 11.6 Å². The second kappa shape index (κ2) is 5.09. The highest BCUT2D eigenvalue weighted by Gasteiger charge is 2.19. The Bertz CT molecular complexity index is 338. The molecule has 5 N–H and O–H groups in total. The van der Waals surface area contributed by atoms with E-state index in [1.165, 1.54) is 6.33 Å². The highest BCUT2D eigenvalue weighted by Crippen LogP contribution is 2.21. The van der Waals surface area contributed by atoms with E-state index in [0.29, 0.717) is 11.9 Å². The Morgan fingerprint density at radius 2 is 1.88 bits per heavy atom. The van der Waals surface area contributed by atoms with E-state index >= 15 is 0 Å². The summed E-state index contributed by atoms with van der Waals surface area (Å²) in [4.78, 5) is 8.06. The third-order valence-electron chi connectivity index (χ3n) is 2.86. The van der Waals surface area contributed by atoms with Gasteiger partial charge in [0.15, 0.2) is 0 Å². The summed E-state index contributed by atoms with van der Waals surface area (Å²) in [6.07, 6.45) is 4.97. The van der Waals surface area contributed by atoms with E-state index in [2.05, 4.69) is 20.7 Å². The molecule has 1 saturated carbocycles. The summed E-state index contributed by atoms with van der Waals surface area (Å²) in [5, 5.41) is 12.7. The zero-order valence-corrected chi connectivity index (χ0v) is 9.06. The van der Waals surface area contributed by atoms with Crippen LogP contribution in [0.5, 0.6) is 0 Å². The summed E-state index contributed by atoms with van der Waals surface area (Å²) < 4.78 is 0. The lowest BCUT2D eigenvalue weighted by Gasteiger charge is -2.26. The molecular formula is C10H17N5O. The number of hydrazine groups is 1. The predicted molar refractivity (Wildman–Crippen MR) is 61.7 cm³/mol. The summed E-state index contributed by atoms with van der Waals surface area (Å²) >= 11 is 0. The quantitative estimate of drug-likeness (QED) is 0.439. The van der Waals surface area contributed by atoms with Gasteiger partial charge in [-0.15, -0.1) is 0 Å². The van der Waals surface area contributed by atoms with Gasteiger partial charge in [-0.2, -0.15) is 0 Å². The second-order valence-electron chi connectivity index (χ2n) is 4.08. The van der Waals surface area contributed by atoms with Crippen LogP contribution in [-0.2, 0) is 0 Å². The van der Waals surface area contributed by atoms with E-state index in [9.17, 15) is 5.11 Å². The number of nitrogens with two attached hydrogens (primary N) is 1. The van der Waals surface area contributed by atoms with Gasteiger partial charge in [0.05, 0.1) is 6.10 Å². The fourth-order valence-corrected chi connectivity index (χ4v) is 1.94. The Morgan fingerprint density at radius 3 is 2.56 bits per heavy atom. The number of aliphatic hydroxyl groups excluding tert-OH is 1. The predicted octanol–water partition coefficient (Wildman–Crippen LogP) is 0.478. The zero-order valence-electron chi connectivity index (χ0n) is 9.06. The Balaban J connectivity index is 1.93. The van der Waals surface area contributed by atoms with Crippen molar-refractivity contribution in [2.45, 2.75) is 37.8 Å². The fourth-order valence-electron chi connectivity index (χ4n) is 1.94. The molecule has 16 heavy (non-hydrogen) atoms. The summed E-state index contributed by atoms with van der Waals surface area (Å²) in [5.41, 5.74) is 2.48. The van der Waals surface area contributed by atoms with Crippen molar-refractivity contribution in [1.82, 2.24) is 9.97 Å². The van der Waals surface area contributed by atoms with E-state index in [1.54, 1.807) is 6.07 Å². The van der Waals surface area contributed by atoms with Crippen LogP contribution < -0.4 is 16.6 Å². The molecule has 6 heteroatoms. The first-order valence-corrected chi connectivity index (χ1v) is 5.51. The molecule has 0 aromatic carbocycles. The number of hydrogen-bond acceptors (Lipinski definition) is 6. The topological polar surface area (TPSA) is 96.1 Å². The van der Waals surface area contributed by atoms with Gasteiger partial charge >= 0.3 is 0 Å². The van der Waals surface area contributed by atoms with E-state index in [4.69, 9.17) is 5.84 Å². The number of aliphatic hydroxyl groups is 1. The van der Waals surface area contributed by atoms with E-state index in [-0.39, 0.29) is 6.10 Å². The summed E-state index contributed by atoms with van der Waals surface area (Å²) in [5.74, 6) is 6.63. The lowest BCUT2D eigenvalue weighted by Crippen LogP contribution is -2.28. The number of hydrogen-bond donors (Lipinski definition) is 4. The largest absolute Gasteiger partial charge is 0.393 e. The Labute approximate surface area is 94.3 Å². The second-order valence-corrected chi connectivity index (χ2v) is 4.08.